The number of hydrogen-bond acceptors (Lipinski definition) is 4. The summed E-state index contributed by atoms with van der Waals surface area (Å²) in [6.45, 7) is 5.17. The Bertz CT molecular complexity index is 865. The predicted molar refractivity (Wildman–Crippen MR) is 140 cm³/mol. The molecular weight excluding hydrogens is 422 g/mol. The molecule has 4 heteroatoms. The quantitative estimate of drug-likeness (QED) is 0.171. The fourth-order valence-electron chi connectivity index (χ4n) is 4.52. The molecule has 1 aliphatic carbocycles. The van der Waals surface area contributed by atoms with Gasteiger partial charge in [0.1, 0.15) is 11.5 Å². The van der Waals surface area contributed by atoms with Gasteiger partial charge in [-0.1, -0.05) is 70.6 Å². The van der Waals surface area contributed by atoms with E-state index in [1.807, 2.05) is 48.6 Å². The summed E-state index contributed by atoms with van der Waals surface area (Å²) in [6.07, 6.45) is 18.7. The molecule has 1 heterocycles. The van der Waals surface area contributed by atoms with E-state index in [1.165, 1.54) is 38.5 Å². The van der Waals surface area contributed by atoms with E-state index in [2.05, 4.69) is 18.8 Å². The number of hydrogen-bond donors (Lipinski definition) is 0. The maximum absolute atomic E-state index is 12.6. The summed E-state index contributed by atoms with van der Waals surface area (Å²) in [4.78, 5) is 17.0. The minimum Gasteiger partial charge on any atom is -0.492 e. The summed E-state index contributed by atoms with van der Waals surface area (Å²) >= 11 is 0. The molecule has 0 saturated heterocycles. The van der Waals surface area contributed by atoms with Gasteiger partial charge >= 0.3 is 5.97 Å². The smallest absolute Gasteiger partial charge is 0.314 e. The molecule has 0 bridgehead atoms. The van der Waals surface area contributed by atoms with E-state index >= 15 is 0 Å². The normalized spacial score (nSPS) is 18.2. The molecule has 4 nitrogen and oxygen atoms in total. The standard InChI is InChI=1S/C30H41NO3/c1-3-5-7-9-24-10-15-26(16-11-24)30(32)34-28-19-13-25(14-20-28)12-17-27-18-21-29(23-31-27)33-22-8-6-4-2/h12-14,17-21,23-24,26H,3-11,15-16,22H2,1-2H3/t24-,26-. The van der Waals surface area contributed by atoms with Crippen LogP contribution in [0.5, 0.6) is 11.5 Å². The second-order valence-electron chi connectivity index (χ2n) is 9.51. The van der Waals surface area contributed by atoms with Gasteiger partial charge in [-0.25, -0.2) is 0 Å². The zero-order valence-electron chi connectivity index (χ0n) is 21.0. The highest BCUT2D eigenvalue weighted by Gasteiger charge is 2.27. The van der Waals surface area contributed by atoms with Crippen molar-refractivity contribution in [3.05, 3.63) is 53.9 Å². The fraction of sp³-hybridized carbons (Fsp3) is 0.533. The first kappa shape index (κ1) is 26.0. The lowest BCUT2D eigenvalue weighted by molar-refractivity contribution is -0.140. The van der Waals surface area contributed by atoms with Gasteiger partial charge in [0.25, 0.3) is 0 Å². The highest BCUT2D eigenvalue weighted by molar-refractivity contribution is 5.75. The molecule has 3 rings (SSSR count). The Morgan fingerprint density at radius 2 is 1.59 bits per heavy atom. The first-order chi connectivity index (χ1) is 16.7. The molecule has 1 aromatic carbocycles. The van der Waals surface area contributed by atoms with Crippen molar-refractivity contribution in [3.8, 4) is 11.5 Å². The molecule has 0 atom stereocenters. The Kier molecular flexibility index (Phi) is 11.2. The summed E-state index contributed by atoms with van der Waals surface area (Å²) in [5.41, 5.74) is 1.91. The lowest BCUT2D eigenvalue weighted by Crippen LogP contribution is -2.25. The fourth-order valence-corrected chi connectivity index (χ4v) is 4.52. The number of rotatable bonds is 13. The van der Waals surface area contributed by atoms with Crippen LogP contribution in [0, 0.1) is 11.8 Å². The van der Waals surface area contributed by atoms with E-state index in [1.54, 1.807) is 6.20 Å². The first-order valence-electron chi connectivity index (χ1n) is 13.3. The number of benzene rings is 1. The van der Waals surface area contributed by atoms with E-state index < -0.39 is 0 Å². The number of ether oxygens (including phenoxy) is 2. The molecule has 0 unspecified atom stereocenters. The van der Waals surface area contributed by atoms with Crippen molar-refractivity contribution in [1.82, 2.24) is 4.98 Å². The molecule has 2 aromatic rings. The Labute approximate surface area is 205 Å². The number of pyridine rings is 1. The first-order valence-corrected chi connectivity index (χ1v) is 13.3. The number of unbranched alkanes of at least 4 members (excludes halogenated alkanes) is 4. The van der Waals surface area contributed by atoms with Crippen molar-refractivity contribution in [2.45, 2.75) is 84.5 Å². The molecule has 0 N–H and O–H groups in total. The predicted octanol–water partition coefficient (Wildman–Crippen LogP) is 8.11. The van der Waals surface area contributed by atoms with E-state index in [0.29, 0.717) is 5.75 Å². The van der Waals surface area contributed by atoms with E-state index in [0.717, 1.165) is 61.6 Å². The molecule has 1 aromatic heterocycles. The number of esters is 1. The molecule has 0 spiro atoms. The third kappa shape index (κ3) is 8.96. The highest BCUT2D eigenvalue weighted by Crippen LogP contribution is 2.33. The van der Waals surface area contributed by atoms with Gasteiger partial charge in [0.2, 0.25) is 0 Å². The van der Waals surface area contributed by atoms with E-state index in [4.69, 9.17) is 9.47 Å². The van der Waals surface area contributed by atoms with Gasteiger partial charge < -0.3 is 9.47 Å². The Balaban J connectivity index is 1.41. The van der Waals surface area contributed by atoms with Gasteiger partial charge in [-0.2, -0.15) is 0 Å². The molecule has 0 radical (unpaired) electrons. The molecule has 0 aliphatic heterocycles. The maximum Gasteiger partial charge on any atom is 0.314 e. The molecule has 1 saturated carbocycles. The minimum absolute atomic E-state index is 0.0478. The van der Waals surface area contributed by atoms with E-state index in [9.17, 15) is 4.79 Å². The van der Waals surface area contributed by atoms with Crippen molar-refractivity contribution < 1.29 is 14.3 Å². The number of carbonyl (C=O) groups excluding carboxylic acids is 1. The van der Waals surface area contributed by atoms with Crippen molar-refractivity contribution in [2.75, 3.05) is 6.61 Å². The van der Waals surface area contributed by atoms with Crippen LogP contribution < -0.4 is 9.47 Å². The SMILES string of the molecule is CCCCCOc1ccc(C=Cc2ccc(OC(=O)[C@H]3CC[C@H](CCCCC)CC3)cc2)nc1. The Morgan fingerprint density at radius 1 is 0.882 bits per heavy atom. The molecular formula is C30H41NO3. The Hall–Kier alpha value is -2.62. The number of nitrogens with zero attached hydrogens (tertiary/aromatic N) is 1. The average Bonchev–Trinajstić information content (AvgIpc) is 2.87. The zero-order valence-corrected chi connectivity index (χ0v) is 21.0. The summed E-state index contributed by atoms with van der Waals surface area (Å²) in [6, 6.07) is 11.6. The second kappa shape index (κ2) is 14.6. The van der Waals surface area contributed by atoms with Gasteiger partial charge in [-0.3, -0.25) is 9.78 Å². The van der Waals surface area contributed by atoms with Crippen LogP contribution >= 0.6 is 0 Å². The summed E-state index contributed by atoms with van der Waals surface area (Å²) < 4.78 is 11.4. The van der Waals surface area contributed by atoms with E-state index in [-0.39, 0.29) is 11.9 Å². The van der Waals surface area contributed by atoms with Crippen LogP contribution in [0.3, 0.4) is 0 Å². The van der Waals surface area contributed by atoms with Crippen LogP contribution in [0.1, 0.15) is 95.7 Å². The number of carbonyl (C=O) groups is 1. The van der Waals surface area contributed by atoms with Gasteiger partial charge in [0, 0.05) is 0 Å². The zero-order chi connectivity index (χ0) is 24.0. The number of aromatic nitrogens is 1. The van der Waals surface area contributed by atoms with Crippen LogP contribution in [0.2, 0.25) is 0 Å². The summed E-state index contributed by atoms with van der Waals surface area (Å²) in [5, 5.41) is 0. The van der Waals surface area contributed by atoms with Gasteiger partial charge in [0.05, 0.1) is 24.4 Å². The van der Waals surface area contributed by atoms with Gasteiger partial charge in [-0.15, -0.1) is 0 Å². The lowest BCUT2D eigenvalue weighted by atomic mass is 9.80. The van der Waals surface area contributed by atoms with Gasteiger partial charge in [-0.05, 0) is 73.9 Å². The molecule has 0 amide bonds. The summed E-state index contributed by atoms with van der Waals surface area (Å²) in [5.74, 6) is 2.20. The van der Waals surface area contributed by atoms with Crippen LogP contribution in [0.15, 0.2) is 42.6 Å². The molecule has 1 aliphatic rings. The molecule has 34 heavy (non-hydrogen) atoms. The average molecular weight is 464 g/mol. The van der Waals surface area contributed by atoms with Crippen LogP contribution in [-0.4, -0.2) is 17.6 Å². The van der Waals surface area contributed by atoms with Crippen molar-refractivity contribution in [1.29, 1.82) is 0 Å². The second-order valence-corrected chi connectivity index (χ2v) is 9.51. The van der Waals surface area contributed by atoms with Gasteiger partial charge in [0.15, 0.2) is 0 Å². The lowest BCUT2D eigenvalue weighted by Gasteiger charge is -2.27. The van der Waals surface area contributed by atoms with Crippen molar-refractivity contribution >= 4 is 18.1 Å². The summed E-state index contributed by atoms with van der Waals surface area (Å²) in [7, 11) is 0. The molecule has 1 fully saturated rings. The topological polar surface area (TPSA) is 48.4 Å². The van der Waals surface area contributed by atoms with Crippen molar-refractivity contribution in [3.63, 3.8) is 0 Å². The van der Waals surface area contributed by atoms with Crippen molar-refractivity contribution in [2.24, 2.45) is 11.8 Å². The third-order valence-corrected chi connectivity index (χ3v) is 6.72. The monoisotopic (exact) mass is 463 g/mol. The minimum atomic E-state index is -0.0727. The maximum atomic E-state index is 12.6. The Morgan fingerprint density at radius 3 is 2.26 bits per heavy atom. The highest BCUT2D eigenvalue weighted by atomic mass is 16.5. The largest absolute Gasteiger partial charge is 0.492 e. The van der Waals surface area contributed by atoms with Crippen LogP contribution in [0.4, 0.5) is 0 Å². The third-order valence-electron chi connectivity index (χ3n) is 6.72. The molecule has 184 valence electrons. The van der Waals surface area contributed by atoms with Crippen LogP contribution in [-0.2, 0) is 4.79 Å². The van der Waals surface area contributed by atoms with Crippen LogP contribution in [0.25, 0.3) is 12.2 Å².